The van der Waals surface area contributed by atoms with Crippen molar-refractivity contribution in [2.45, 2.75) is 50.8 Å². The Balaban J connectivity index is 1.14. The maximum atomic E-state index is 10.5. The number of methoxy groups -OCH3 is 1. The van der Waals surface area contributed by atoms with E-state index in [0.717, 1.165) is 31.1 Å². The lowest BCUT2D eigenvalue weighted by atomic mass is 10.00. The van der Waals surface area contributed by atoms with Gasteiger partial charge in [-0.15, -0.1) is 0 Å². The van der Waals surface area contributed by atoms with Gasteiger partial charge in [-0.1, -0.05) is 30.7 Å². The third-order valence-corrected chi connectivity index (χ3v) is 6.95. The van der Waals surface area contributed by atoms with E-state index in [-0.39, 0.29) is 0 Å². The molecular weight excluding hydrogens is 414 g/mol. The summed E-state index contributed by atoms with van der Waals surface area (Å²) < 4.78 is 11.2. The van der Waals surface area contributed by atoms with Gasteiger partial charge in [-0.25, -0.2) is 0 Å². The number of nitrogens with zero attached hydrogens (tertiary/aromatic N) is 2. The number of likely N-dealkylation sites (tertiary alicyclic amines) is 2. The molecule has 2 saturated heterocycles. The predicted molar refractivity (Wildman–Crippen MR) is 132 cm³/mol. The van der Waals surface area contributed by atoms with Crippen LogP contribution in [0.2, 0.25) is 0 Å². The van der Waals surface area contributed by atoms with Gasteiger partial charge in [0, 0.05) is 6.04 Å². The van der Waals surface area contributed by atoms with Gasteiger partial charge in [0.15, 0.2) is 11.5 Å². The summed E-state index contributed by atoms with van der Waals surface area (Å²) in [6, 6.07) is 15.9. The van der Waals surface area contributed by atoms with Crippen molar-refractivity contribution in [2.24, 2.45) is 0 Å². The Morgan fingerprint density at radius 2 is 1.64 bits per heavy atom. The Hall–Kier alpha value is -2.12. The van der Waals surface area contributed by atoms with Crippen molar-refractivity contribution in [2.75, 3.05) is 46.4 Å². The average Bonchev–Trinajstić information content (AvgIpc) is 2.88. The van der Waals surface area contributed by atoms with E-state index in [9.17, 15) is 5.11 Å². The lowest BCUT2D eigenvalue weighted by Crippen LogP contribution is -2.47. The van der Waals surface area contributed by atoms with Gasteiger partial charge in [0.2, 0.25) is 0 Å². The van der Waals surface area contributed by atoms with E-state index >= 15 is 0 Å². The summed E-state index contributed by atoms with van der Waals surface area (Å²) in [5, 5.41) is 13.8. The molecule has 2 aliphatic heterocycles. The van der Waals surface area contributed by atoms with Gasteiger partial charge < -0.3 is 24.4 Å². The molecule has 0 aromatic heterocycles. The number of ether oxygens (including phenoxy) is 2. The van der Waals surface area contributed by atoms with Crippen LogP contribution in [-0.2, 0) is 0 Å². The summed E-state index contributed by atoms with van der Waals surface area (Å²) in [5.74, 6) is 2.08. The molecule has 1 unspecified atom stereocenters. The van der Waals surface area contributed by atoms with Gasteiger partial charge in [0.25, 0.3) is 0 Å². The van der Waals surface area contributed by atoms with Crippen molar-refractivity contribution in [1.29, 1.82) is 0 Å². The minimum absolute atomic E-state index is 0.671. The molecule has 0 amide bonds. The van der Waals surface area contributed by atoms with Crippen LogP contribution in [-0.4, -0.2) is 67.3 Å². The predicted octanol–water partition coefficient (Wildman–Crippen LogP) is 4.41. The highest BCUT2D eigenvalue weighted by atomic mass is 16.5. The molecule has 2 aromatic carbocycles. The summed E-state index contributed by atoms with van der Waals surface area (Å²) in [6.07, 6.45) is 7.15. The van der Waals surface area contributed by atoms with E-state index in [1.54, 1.807) is 7.11 Å². The second-order valence-electron chi connectivity index (χ2n) is 9.20. The standard InChI is InChI=1S/C27H39N3O3/c1-32-25-8-3-4-9-26(25)33-24-12-10-22(11-13-24)27(31)28-16-7-17-29-20-14-23(15-21-29)30-18-5-2-6-19-30/h3-4,8-13,23,27-28,31H,2,5-7,14-21H2,1H3. The molecule has 0 spiro atoms. The first kappa shape index (κ1) is 24.0. The molecule has 6 nitrogen and oxygen atoms in total. The van der Waals surface area contributed by atoms with Gasteiger partial charge in [-0.05, 0) is 101 Å². The topological polar surface area (TPSA) is 57.2 Å². The fourth-order valence-electron chi connectivity index (χ4n) is 5.00. The fraction of sp³-hybridized carbons (Fsp3) is 0.556. The number of aliphatic hydroxyl groups is 1. The number of hydrogen-bond acceptors (Lipinski definition) is 6. The first-order chi connectivity index (χ1) is 16.2. The van der Waals surface area contributed by atoms with E-state index in [4.69, 9.17) is 9.47 Å². The number of piperidine rings is 2. The molecule has 2 aromatic rings. The smallest absolute Gasteiger partial charge is 0.169 e. The van der Waals surface area contributed by atoms with Gasteiger partial charge in [0.1, 0.15) is 12.0 Å². The van der Waals surface area contributed by atoms with Crippen molar-refractivity contribution >= 4 is 0 Å². The number of hydrogen-bond donors (Lipinski definition) is 2. The third kappa shape index (κ3) is 6.93. The minimum Gasteiger partial charge on any atom is -0.493 e. The van der Waals surface area contributed by atoms with Crippen LogP contribution in [0.5, 0.6) is 17.2 Å². The molecule has 0 radical (unpaired) electrons. The van der Waals surface area contributed by atoms with Crippen LogP contribution in [0, 0.1) is 0 Å². The first-order valence-corrected chi connectivity index (χ1v) is 12.5. The van der Waals surface area contributed by atoms with Gasteiger partial charge >= 0.3 is 0 Å². The summed E-state index contributed by atoms with van der Waals surface area (Å²) in [7, 11) is 1.63. The zero-order valence-corrected chi connectivity index (χ0v) is 19.9. The molecular formula is C27H39N3O3. The normalized spacial score (nSPS) is 19.3. The van der Waals surface area contributed by atoms with E-state index < -0.39 is 6.23 Å². The lowest BCUT2D eigenvalue weighted by Gasteiger charge is -2.40. The van der Waals surface area contributed by atoms with Crippen molar-refractivity contribution < 1.29 is 14.6 Å². The number of aliphatic hydroxyl groups excluding tert-OH is 1. The molecule has 2 N–H and O–H groups in total. The molecule has 0 saturated carbocycles. The number of benzene rings is 2. The molecule has 180 valence electrons. The van der Waals surface area contributed by atoms with E-state index in [1.165, 1.54) is 58.3 Å². The maximum Gasteiger partial charge on any atom is 0.169 e. The van der Waals surface area contributed by atoms with Crippen LogP contribution in [0.4, 0.5) is 0 Å². The Morgan fingerprint density at radius 1 is 0.939 bits per heavy atom. The number of para-hydroxylation sites is 2. The SMILES string of the molecule is COc1ccccc1Oc1ccc(C(O)NCCCN2CCC(N3CCCCC3)CC2)cc1. The molecule has 2 aliphatic rings. The monoisotopic (exact) mass is 453 g/mol. The summed E-state index contributed by atoms with van der Waals surface area (Å²) in [6.45, 7) is 6.92. The minimum atomic E-state index is -0.671. The number of rotatable bonds is 10. The van der Waals surface area contributed by atoms with E-state index in [2.05, 4.69) is 15.1 Å². The van der Waals surface area contributed by atoms with Crippen molar-refractivity contribution in [3.05, 3.63) is 54.1 Å². The van der Waals surface area contributed by atoms with Crippen LogP contribution in [0.1, 0.15) is 50.3 Å². The third-order valence-electron chi connectivity index (χ3n) is 6.95. The average molecular weight is 454 g/mol. The van der Waals surface area contributed by atoms with Crippen LogP contribution in [0.25, 0.3) is 0 Å². The molecule has 0 aliphatic carbocycles. The Labute approximate surface area is 198 Å². The Kier molecular flexibility index (Phi) is 9.01. The second-order valence-corrected chi connectivity index (χ2v) is 9.20. The van der Waals surface area contributed by atoms with Crippen molar-refractivity contribution in [3.63, 3.8) is 0 Å². The summed E-state index contributed by atoms with van der Waals surface area (Å²) in [4.78, 5) is 5.31. The Morgan fingerprint density at radius 3 is 2.33 bits per heavy atom. The number of nitrogens with one attached hydrogen (secondary N) is 1. The zero-order valence-electron chi connectivity index (χ0n) is 19.9. The van der Waals surface area contributed by atoms with Crippen LogP contribution < -0.4 is 14.8 Å². The van der Waals surface area contributed by atoms with E-state index in [0.29, 0.717) is 17.2 Å². The van der Waals surface area contributed by atoms with E-state index in [1.807, 2.05) is 48.5 Å². The fourth-order valence-corrected chi connectivity index (χ4v) is 5.00. The second kappa shape index (κ2) is 12.4. The molecule has 2 fully saturated rings. The first-order valence-electron chi connectivity index (χ1n) is 12.5. The van der Waals surface area contributed by atoms with Crippen molar-refractivity contribution in [3.8, 4) is 17.2 Å². The highest BCUT2D eigenvalue weighted by Crippen LogP contribution is 2.31. The van der Waals surface area contributed by atoms with Crippen LogP contribution in [0.3, 0.4) is 0 Å². The van der Waals surface area contributed by atoms with Gasteiger partial charge in [-0.3, -0.25) is 5.32 Å². The summed E-state index contributed by atoms with van der Waals surface area (Å²) >= 11 is 0. The Bertz CT molecular complexity index is 831. The van der Waals surface area contributed by atoms with Gasteiger partial charge in [0.05, 0.1) is 7.11 Å². The maximum absolute atomic E-state index is 10.5. The van der Waals surface area contributed by atoms with Crippen LogP contribution >= 0.6 is 0 Å². The molecule has 2 heterocycles. The quantitative estimate of drug-likeness (QED) is 0.411. The van der Waals surface area contributed by atoms with Gasteiger partial charge in [-0.2, -0.15) is 0 Å². The molecule has 6 heteroatoms. The van der Waals surface area contributed by atoms with Crippen LogP contribution in [0.15, 0.2) is 48.5 Å². The largest absolute Gasteiger partial charge is 0.493 e. The van der Waals surface area contributed by atoms with Crippen molar-refractivity contribution in [1.82, 2.24) is 15.1 Å². The summed E-state index contributed by atoms with van der Waals surface area (Å²) in [5.41, 5.74) is 0.838. The lowest BCUT2D eigenvalue weighted by molar-refractivity contribution is 0.0904. The molecule has 4 rings (SSSR count). The highest BCUT2D eigenvalue weighted by Gasteiger charge is 2.25. The highest BCUT2D eigenvalue weighted by molar-refractivity contribution is 5.43. The molecule has 1 atom stereocenters. The zero-order chi connectivity index (χ0) is 22.9. The molecule has 33 heavy (non-hydrogen) atoms. The molecule has 0 bridgehead atoms.